The van der Waals surface area contributed by atoms with Crippen LogP contribution in [0.1, 0.15) is 34.1 Å². The van der Waals surface area contributed by atoms with Gasteiger partial charge in [-0.2, -0.15) is 5.10 Å². The third-order valence-electron chi connectivity index (χ3n) is 3.13. The second-order valence-electron chi connectivity index (χ2n) is 6.86. The molecular weight excluding hydrogens is 370 g/mol. The maximum Gasteiger partial charge on any atom is 0.329 e. The number of carbonyl (C=O) groups is 3. The van der Waals surface area contributed by atoms with Crippen molar-refractivity contribution in [3.63, 3.8) is 0 Å². The zero-order chi connectivity index (χ0) is 21.5. The predicted molar refractivity (Wildman–Crippen MR) is 102 cm³/mol. The summed E-state index contributed by atoms with van der Waals surface area (Å²) in [7, 11) is 1.32. The molecule has 1 aromatic rings. The smallest absolute Gasteiger partial charge is 0.329 e. The number of hydrogen-bond donors (Lipinski definition) is 3. The van der Waals surface area contributed by atoms with Gasteiger partial charge in [0.15, 0.2) is 0 Å². The van der Waals surface area contributed by atoms with E-state index < -0.39 is 28.2 Å². The van der Waals surface area contributed by atoms with Crippen molar-refractivity contribution in [2.45, 2.75) is 39.7 Å². The number of hydrogen-bond acceptors (Lipinski definition) is 7. The van der Waals surface area contributed by atoms with Gasteiger partial charge in [-0.25, -0.2) is 5.43 Å². The average molecular weight is 393 g/mol. The number of rotatable bonds is 6. The molecule has 0 saturated heterocycles. The standard InChI is InChI=1S/C17H23N5O6/c1-10(20-21-16(25)15(24)19-17(2,3)4)8-14(23)18-12-7-6-11(22(26)27)9-13(12)28-5/h6-7,9H,8H2,1-5H3,(H,18,23)(H,19,24)(H,21,25). The molecule has 3 amide bonds. The number of hydrazone groups is 1. The largest absolute Gasteiger partial charge is 0.494 e. The third-order valence-corrected chi connectivity index (χ3v) is 3.13. The van der Waals surface area contributed by atoms with Gasteiger partial charge in [0, 0.05) is 17.3 Å². The molecule has 11 nitrogen and oxygen atoms in total. The Bertz CT molecular complexity index is 813. The molecule has 1 aromatic carbocycles. The summed E-state index contributed by atoms with van der Waals surface area (Å²) in [4.78, 5) is 45.6. The minimum atomic E-state index is -0.952. The molecule has 0 aromatic heterocycles. The number of benzene rings is 1. The first-order valence-electron chi connectivity index (χ1n) is 8.21. The van der Waals surface area contributed by atoms with E-state index in [4.69, 9.17) is 4.74 Å². The molecule has 0 atom stereocenters. The Morgan fingerprint density at radius 2 is 1.86 bits per heavy atom. The zero-order valence-corrected chi connectivity index (χ0v) is 16.3. The molecule has 11 heteroatoms. The second kappa shape index (κ2) is 9.44. The highest BCUT2D eigenvalue weighted by molar-refractivity contribution is 6.35. The molecule has 0 radical (unpaired) electrons. The van der Waals surface area contributed by atoms with Gasteiger partial charge in [-0.3, -0.25) is 24.5 Å². The monoisotopic (exact) mass is 393 g/mol. The van der Waals surface area contributed by atoms with E-state index in [2.05, 4.69) is 21.2 Å². The van der Waals surface area contributed by atoms with Crippen LogP contribution < -0.4 is 20.8 Å². The van der Waals surface area contributed by atoms with Crippen LogP contribution in [0.5, 0.6) is 5.75 Å². The van der Waals surface area contributed by atoms with Crippen LogP contribution in [-0.4, -0.2) is 41.0 Å². The lowest BCUT2D eigenvalue weighted by Gasteiger charge is -2.19. The third kappa shape index (κ3) is 7.40. The number of carbonyl (C=O) groups excluding carboxylic acids is 3. The molecule has 3 N–H and O–H groups in total. The van der Waals surface area contributed by atoms with Gasteiger partial charge >= 0.3 is 11.8 Å². The summed E-state index contributed by atoms with van der Waals surface area (Å²) in [5, 5.41) is 19.5. The van der Waals surface area contributed by atoms with Crippen molar-refractivity contribution < 1.29 is 24.0 Å². The second-order valence-corrected chi connectivity index (χ2v) is 6.86. The predicted octanol–water partition coefficient (Wildman–Crippen LogP) is 1.34. The van der Waals surface area contributed by atoms with Gasteiger partial charge in [-0.1, -0.05) is 0 Å². The van der Waals surface area contributed by atoms with Gasteiger partial charge in [0.2, 0.25) is 5.91 Å². The van der Waals surface area contributed by atoms with Crippen LogP contribution in [0.3, 0.4) is 0 Å². The molecule has 0 aliphatic heterocycles. The first-order valence-corrected chi connectivity index (χ1v) is 8.21. The van der Waals surface area contributed by atoms with E-state index in [1.54, 1.807) is 20.8 Å². The number of nitrogens with zero attached hydrogens (tertiary/aromatic N) is 2. The van der Waals surface area contributed by atoms with Crippen molar-refractivity contribution in [3.8, 4) is 5.75 Å². The molecule has 0 saturated carbocycles. The summed E-state index contributed by atoms with van der Waals surface area (Å²) in [6.07, 6.45) is -0.179. The Morgan fingerprint density at radius 1 is 1.21 bits per heavy atom. The lowest BCUT2D eigenvalue weighted by atomic mass is 10.1. The number of non-ortho nitro benzene ring substituents is 1. The van der Waals surface area contributed by atoms with E-state index in [-0.39, 0.29) is 29.3 Å². The maximum absolute atomic E-state index is 12.1. The van der Waals surface area contributed by atoms with Gasteiger partial charge in [0.25, 0.3) is 5.69 Å². The number of methoxy groups -OCH3 is 1. The molecule has 1 rings (SSSR count). The number of ether oxygens (including phenoxy) is 1. The van der Waals surface area contributed by atoms with Crippen LogP contribution >= 0.6 is 0 Å². The number of nitro groups is 1. The van der Waals surface area contributed by atoms with Crippen LogP contribution in [0.25, 0.3) is 0 Å². The lowest BCUT2D eigenvalue weighted by molar-refractivity contribution is -0.384. The van der Waals surface area contributed by atoms with Gasteiger partial charge in [-0.05, 0) is 33.8 Å². The molecule has 0 bridgehead atoms. The van der Waals surface area contributed by atoms with E-state index in [1.165, 1.54) is 32.2 Å². The Kier molecular flexibility index (Phi) is 7.60. The molecule has 0 aliphatic rings. The molecule has 0 heterocycles. The molecule has 0 fully saturated rings. The average Bonchev–Trinajstić information content (AvgIpc) is 2.58. The molecule has 152 valence electrons. The van der Waals surface area contributed by atoms with Crippen LogP contribution in [-0.2, 0) is 14.4 Å². The van der Waals surface area contributed by atoms with Crippen LogP contribution in [0.4, 0.5) is 11.4 Å². The van der Waals surface area contributed by atoms with Crippen molar-refractivity contribution in [2.75, 3.05) is 12.4 Å². The topological polar surface area (TPSA) is 152 Å². The van der Waals surface area contributed by atoms with Crippen molar-refractivity contribution in [2.24, 2.45) is 5.10 Å². The number of nitro benzene ring substituents is 1. The van der Waals surface area contributed by atoms with Crippen molar-refractivity contribution in [1.29, 1.82) is 0 Å². The van der Waals surface area contributed by atoms with E-state index in [9.17, 15) is 24.5 Å². The van der Waals surface area contributed by atoms with E-state index in [0.29, 0.717) is 0 Å². The zero-order valence-electron chi connectivity index (χ0n) is 16.3. The van der Waals surface area contributed by atoms with Crippen LogP contribution in [0.2, 0.25) is 0 Å². The van der Waals surface area contributed by atoms with Crippen LogP contribution in [0.15, 0.2) is 23.3 Å². The molecule has 0 spiro atoms. The highest BCUT2D eigenvalue weighted by Gasteiger charge is 2.20. The number of nitrogens with one attached hydrogen (secondary N) is 3. The summed E-state index contributed by atoms with van der Waals surface area (Å²) in [6, 6.07) is 3.76. The molecule has 0 aliphatic carbocycles. The van der Waals surface area contributed by atoms with Gasteiger partial charge < -0.3 is 15.4 Å². The van der Waals surface area contributed by atoms with Crippen molar-refractivity contribution in [3.05, 3.63) is 28.3 Å². The molecule has 28 heavy (non-hydrogen) atoms. The molecular formula is C17H23N5O6. The minimum Gasteiger partial charge on any atom is -0.494 e. The quantitative estimate of drug-likeness (QED) is 0.287. The van der Waals surface area contributed by atoms with Gasteiger partial charge in [0.05, 0.1) is 30.2 Å². The highest BCUT2D eigenvalue weighted by atomic mass is 16.6. The van der Waals surface area contributed by atoms with E-state index >= 15 is 0 Å². The summed E-state index contributed by atoms with van der Waals surface area (Å²) in [5.41, 5.74) is 1.82. The fraction of sp³-hybridized carbons (Fsp3) is 0.412. The summed E-state index contributed by atoms with van der Waals surface area (Å²) in [5.74, 6) is -2.15. The summed E-state index contributed by atoms with van der Waals surface area (Å²) in [6.45, 7) is 6.67. The summed E-state index contributed by atoms with van der Waals surface area (Å²) < 4.78 is 5.04. The number of anilines is 1. The number of amides is 3. The van der Waals surface area contributed by atoms with Crippen molar-refractivity contribution in [1.82, 2.24) is 10.7 Å². The Morgan fingerprint density at radius 3 is 2.39 bits per heavy atom. The lowest BCUT2D eigenvalue weighted by Crippen LogP contribution is -2.47. The van der Waals surface area contributed by atoms with E-state index in [0.717, 1.165) is 0 Å². The fourth-order valence-corrected chi connectivity index (χ4v) is 1.96. The van der Waals surface area contributed by atoms with Crippen molar-refractivity contribution >= 4 is 34.8 Å². The van der Waals surface area contributed by atoms with Crippen LogP contribution in [0, 0.1) is 10.1 Å². The Balaban J connectivity index is 2.68. The Hall–Kier alpha value is -3.50. The minimum absolute atomic E-state index is 0.129. The normalized spacial score (nSPS) is 11.4. The molecule has 0 unspecified atom stereocenters. The maximum atomic E-state index is 12.1. The highest BCUT2D eigenvalue weighted by Crippen LogP contribution is 2.29. The van der Waals surface area contributed by atoms with Gasteiger partial charge in [0.1, 0.15) is 5.75 Å². The van der Waals surface area contributed by atoms with E-state index in [1.807, 2.05) is 0 Å². The first-order chi connectivity index (χ1) is 12.9. The SMILES string of the molecule is COc1cc([N+](=O)[O-])ccc1NC(=O)CC(C)=NNC(=O)C(=O)NC(C)(C)C. The fourth-order valence-electron chi connectivity index (χ4n) is 1.96. The Labute approximate surface area is 161 Å². The van der Waals surface area contributed by atoms with Gasteiger partial charge in [-0.15, -0.1) is 0 Å². The summed E-state index contributed by atoms with van der Waals surface area (Å²) >= 11 is 0. The first kappa shape index (κ1) is 22.5.